The van der Waals surface area contributed by atoms with Crippen LogP contribution in [0.1, 0.15) is 11.3 Å². The maximum absolute atomic E-state index is 6.03. The molecule has 0 aliphatic carbocycles. The third-order valence-electron chi connectivity index (χ3n) is 3.60. The average molecular weight is 362 g/mol. The minimum absolute atomic E-state index is 0.591. The first-order chi connectivity index (χ1) is 11.6. The molecule has 0 saturated heterocycles. The first kappa shape index (κ1) is 16.9. The molecular formula is C19H17Cl2NO2. The number of furan rings is 1. The molecule has 0 bridgehead atoms. The highest BCUT2D eigenvalue weighted by Gasteiger charge is 2.07. The van der Waals surface area contributed by atoms with E-state index in [1.54, 1.807) is 13.2 Å². The van der Waals surface area contributed by atoms with Gasteiger partial charge in [-0.1, -0.05) is 35.3 Å². The van der Waals surface area contributed by atoms with Gasteiger partial charge in [0, 0.05) is 22.2 Å². The van der Waals surface area contributed by atoms with E-state index in [0.29, 0.717) is 16.6 Å². The quantitative estimate of drug-likeness (QED) is 0.624. The smallest absolute Gasteiger partial charge is 0.134 e. The Labute approximate surface area is 151 Å². The first-order valence-electron chi connectivity index (χ1n) is 7.53. The van der Waals surface area contributed by atoms with Gasteiger partial charge in [0.1, 0.15) is 17.3 Å². The second-order valence-electron chi connectivity index (χ2n) is 5.38. The molecule has 124 valence electrons. The van der Waals surface area contributed by atoms with Gasteiger partial charge < -0.3 is 14.5 Å². The van der Waals surface area contributed by atoms with Crippen LogP contribution < -0.4 is 10.1 Å². The lowest BCUT2D eigenvalue weighted by atomic mass is 10.2. The molecule has 1 N–H and O–H groups in total. The van der Waals surface area contributed by atoms with Gasteiger partial charge in [-0.05, 0) is 48.0 Å². The van der Waals surface area contributed by atoms with Crippen molar-refractivity contribution in [1.82, 2.24) is 5.32 Å². The molecule has 0 radical (unpaired) electrons. The fraction of sp³-hybridized carbons (Fsp3) is 0.158. The summed E-state index contributed by atoms with van der Waals surface area (Å²) in [4.78, 5) is 0. The van der Waals surface area contributed by atoms with Crippen molar-refractivity contribution in [3.05, 3.63) is 76.0 Å². The molecule has 24 heavy (non-hydrogen) atoms. The molecule has 5 heteroatoms. The van der Waals surface area contributed by atoms with Crippen molar-refractivity contribution >= 4 is 23.2 Å². The number of hydrogen-bond donors (Lipinski definition) is 1. The fourth-order valence-electron chi connectivity index (χ4n) is 2.40. The van der Waals surface area contributed by atoms with Gasteiger partial charge in [-0.2, -0.15) is 0 Å². The highest BCUT2D eigenvalue weighted by Crippen LogP contribution is 2.28. The van der Waals surface area contributed by atoms with Gasteiger partial charge in [0.15, 0.2) is 0 Å². The maximum atomic E-state index is 6.03. The molecular weight excluding hydrogens is 345 g/mol. The van der Waals surface area contributed by atoms with Crippen molar-refractivity contribution < 1.29 is 9.15 Å². The van der Waals surface area contributed by atoms with Crippen LogP contribution in [0, 0.1) is 0 Å². The van der Waals surface area contributed by atoms with E-state index < -0.39 is 0 Å². The number of methoxy groups -OCH3 is 1. The Bertz CT molecular complexity index is 792. The van der Waals surface area contributed by atoms with Gasteiger partial charge in [0.05, 0.1) is 13.7 Å². The monoisotopic (exact) mass is 361 g/mol. The number of benzene rings is 2. The Morgan fingerprint density at radius 2 is 1.62 bits per heavy atom. The van der Waals surface area contributed by atoms with Crippen molar-refractivity contribution in [2.24, 2.45) is 0 Å². The second-order valence-corrected chi connectivity index (χ2v) is 6.25. The summed E-state index contributed by atoms with van der Waals surface area (Å²) in [6, 6.07) is 17.2. The van der Waals surface area contributed by atoms with E-state index in [2.05, 4.69) is 5.32 Å². The van der Waals surface area contributed by atoms with E-state index >= 15 is 0 Å². The molecule has 0 spiro atoms. The van der Waals surface area contributed by atoms with Crippen molar-refractivity contribution in [1.29, 1.82) is 0 Å². The van der Waals surface area contributed by atoms with Crippen LogP contribution in [0.3, 0.4) is 0 Å². The predicted molar refractivity (Wildman–Crippen MR) is 97.7 cm³/mol. The summed E-state index contributed by atoms with van der Waals surface area (Å²) in [5, 5.41) is 4.54. The predicted octanol–water partition coefficient (Wildman–Crippen LogP) is 5.55. The van der Waals surface area contributed by atoms with E-state index in [1.807, 2.05) is 48.5 Å². The molecule has 0 unspecified atom stereocenters. The molecule has 1 heterocycles. The van der Waals surface area contributed by atoms with Gasteiger partial charge in [-0.15, -0.1) is 0 Å². The molecule has 0 fully saturated rings. The molecule has 0 amide bonds. The van der Waals surface area contributed by atoms with Gasteiger partial charge in [-0.3, -0.25) is 0 Å². The average Bonchev–Trinajstić information content (AvgIpc) is 3.04. The molecule has 3 rings (SSSR count). The van der Waals surface area contributed by atoms with Crippen molar-refractivity contribution in [2.45, 2.75) is 13.1 Å². The summed E-state index contributed by atoms with van der Waals surface area (Å²) in [6.45, 7) is 1.39. The van der Waals surface area contributed by atoms with E-state index in [1.165, 1.54) is 5.56 Å². The van der Waals surface area contributed by atoms with Crippen LogP contribution in [0.5, 0.6) is 5.75 Å². The largest absolute Gasteiger partial charge is 0.497 e. The zero-order valence-electron chi connectivity index (χ0n) is 13.2. The van der Waals surface area contributed by atoms with E-state index in [-0.39, 0.29) is 0 Å². The summed E-state index contributed by atoms with van der Waals surface area (Å²) in [7, 11) is 1.66. The van der Waals surface area contributed by atoms with Crippen LogP contribution in [0.15, 0.2) is 59.0 Å². The maximum Gasteiger partial charge on any atom is 0.134 e. The molecule has 0 atom stereocenters. The summed E-state index contributed by atoms with van der Waals surface area (Å²) in [5.41, 5.74) is 2.05. The number of halogens is 2. The third-order valence-corrected chi connectivity index (χ3v) is 4.03. The van der Waals surface area contributed by atoms with E-state index in [9.17, 15) is 0 Å². The van der Waals surface area contributed by atoms with Gasteiger partial charge in [-0.25, -0.2) is 0 Å². The lowest BCUT2D eigenvalue weighted by Crippen LogP contribution is -2.11. The molecule has 2 aromatic carbocycles. The SMILES string of the molecule is COc1ccc(CNCc2ccc(-c3cc(Cl)cc(Cl)c3)o2)cc1. The Morgan fingerprint density at radius 1 is 0.917 bits per heavy atom. The Kier molecular flexibility index (Phi) is 5.46. The number of rotatable bonds is 6. The number of nitrogens with one attached hydrogen (secondary N) is 1. The zero-order chi connectivity index (χ0) is 16.9. The molecule has 3 aromatic rings. The summed E-state index contributed by atoms with van der Waals surface area (Å²) < 4.78 is 11.0. The molecule has 0 saturated carbocycles. The minimum atomic E-state index is 0.591. The molecule has 3 nitrogen and oxygen atoms in total. The summed E-state index contributed by atoms with van der Waals surface area (Å²) in [5.74, 6) is 2.46. The van der Waals surface area contributed by atoms with Crippen LogP contribution in [-0.2, 0) is 13.1 Å². The zero-order valence-corrected chi connectivity index (χ0v) is 14.7. The topological polar surface area (TPSA) is 34.4 Å². The van der Waals surface area contributed by atoms with Crippen LogP contribution in [0.4, 0.5) is 0 Å². The fourth-order valence-corrected chi connectivity index (χ4v) is 2.92. The molecule has 0 aliphatic rings. The second kappa shape index (κ2) is 7.75. The summed E-state index contributed by atoms with van der Waals surface area (Å²) >= 11 is 12.1. The lowest BCUT2D eigenvalue weighted by molar-refractivity contribution is 0.414. The third kappa shape index (κ3) is 4.32. The Balaban J connectivity index is 1.59. The van der Waals surface area contributed by atoms with Crippen molar-refractivity contribution in [3.8, 4) is 17.1 Å². The summed E-state index contributed by atoms with van der Waals surface area (Å²) in [6.07, 6.45) is 0. The number of hydrogen-bond acceptors (Lipinski definition) is 3. The van der Waals surface area contributed by atoms with Crippen molar-refractivity contribution in [2.75, 3.05) is 7.11 Å². The van der Waals surface area contributed by atoms with Crippen LogP contribution >= 0.6 is 23.2 Å². The molecule has 1 aromatic heterocycles. The van der Waals surface area contributed by atoms with Crippen molar-refractivity contribution in [3.63, 3.8) is 0 Å². The van der Waals surface area contributed by atoms with Gasteiger partial charge >= 0.3 is 0 Å². The lowest BCUT2D eigenvalue weighted by Gasteiger charge is -2.05. The normalized spacial score (nSPS) is 10.8. The minimum Gasteiger partial charge on any atom is -0.497 e. The first-order valence-corrected chi connectivity index (χ1v) is 8.28. The van der Waals surface area contributed by atoms with E-state index in [0.717, 1.165) is 29.4 Å². The van der Waals surface area contributed by atoms with Gasteiger partial charge in [0.25, 0.3) is 0 Å². The number of ether oxygens (including phenoxy) is 1. The highest BCUT2D eigenvalue weighted by molar-refractivity contribution is 6.35. The molecule has 0 aliphatic heterocycles. The highest BCUT2D eigenvalue weighted by atomic mass is 35.5. The van der Waals surface area contributed by atoms with E-state index in [4.69, 9.17) is 32.4 Å². The van der Waals surface area contributed by atoms with Crippen LogP contribution in [0.25, 0.3) is 11.3 Å². The van der Waals surface area contributed by atoms with Crippen LogP contribution in [-0.4, -0.2) is 7.11 Å². The van der Waals surface area contributed by atoms with Crippen LogP contribution in [0.2, 0.25) is 10.0 Å². The van der Waals surface area contributed by atoms with Gasteiger partial charge in [0.2, 0.25) is 0 Å². The standard InChI is InChI=1S/C19H17Cl2NO2/c1-23-17-4-2-13(3-5-17)11-22-12-18-6-7-19(24-18)14-8-15(20)10-16(21)9-14/h2-10,22H,11-12H2,1H3. The Hall–Kier alpha value is -1.94. The Morgan fingerprint density at radius 3 is 2.29 bits per heavy atom.